The molecule has 0 bridgehead atoms. The molecule has 0 saturated carbocycles. The van der Waals surface area contributed by atoms with Crippen LogP contribution < -0.4 is 0 Å². The van der Waals surface area contributed by atoms with Crippen molar-refractivity contribution in [3.05, 3.63) is 0 Å². The van der Waals surface area contributed by atoms with Crippen molar-refractivity contribution in [1.29, 1.82) is 0 Å². The molecule has 0 heterocycles. The van der Waals surface area contributed by atoms with Crippen LogP contribution >= 0.6 is 7.60 Å². The molecule has 0 atom stereocenters. The van der Waals surface area contributed by atoms with E-state index in [-0.39, 0.29) is 6.60 Å². The van der Waals surface area contributed by atoms with Gasteiger partial charge >= 0.3 is 7.60 Å². The van der Waals surface area contributed by atoms with Crippen molar-refractivity contribution >= 4 is 21.6 Å². The highest BCUT2D eigenvalue weighted by Gasteiger charge is 2.38. The Hall–Kier alpha value is 0.240. The van der Waals surface area contributed by atoms with Crippen LogP contribution in [0.4, 0.5) is 0 Å². The molecule has 12 heavy (non-hydrogen) atoms. The van der Waals surface area contributed by atoms with Crippen LogP contribution in [-0.4, -0.2) is 29.1 Å². The predicted molar refractivity (Wildman–Crippen MR) is 51.8 cm³/mol. The largest absolute Gasteiger partial charge is 0.434 e. The van der Waals surface area contributed by atoms with E-state index in [1.807, 2.05) is 13.6 Å². The van der Waals surface area contributed by atoms with Crippen LogP contribution in [0.15, 0.2) is 0 Å². The van der Waals surface area contributed by atoms with Gasteiger partial charge < -0.3 is 14.4 Å². The molecule has 0 aromatic heterocycles. The molecule has 0 spiro atoms. The number of hydrogen-bond acceptors (Lipinski definition) is 2. The normalized spacial score (nSPS) is 12.8. The van der Waals surface area contributed by atoms with Crippen LogP contribution in [0.2, 0.25) is 13.6 Å². The van der Waals surface area contributed by atoms with Gasteiger partial charge in [0, 0.05) is 0 Å². The van der Waals surface area contributed by atoms with Crippen molar-refractivity contribution < 1.29 is 19.0 Å². The SMILES string of the molecule is CB(C)BOC(C)(C)P(=O)(O)O. The van der Waals surface area contributed by atoms with Gasteiger partial charge in [-0.25, -0.2) is 0 Å². The third-order valence-corrected chi connectivity index (χ3v) is 3.00. The highest BCUT2D eigenvalue weighted by molar-refractivity contribution is 7.53. The molecule has 0 saturated heterocycles. The Morgan fingerprint density at radius 3 is 2.08 bits per heavy atom. The Morgan fingerprint density at radius 2 is 1.83 bits per heavy atom. The minimum absolute atomic E-state index is 0.274. The molecular formula is C5H15B2O4P. The van der Waals surface area contributed by atoms with Crippen molar-refractivity contribution in [2.45, 2.75) is 32.8 Å². The molecule has 0 amide bonds. The van der Waals surface area contributed by atoms with E-state index in [1.54, 1.807) is 0 Å². The standard InChI is InChI=1S/C5H15B2O4P/c1-5(2,12(8,9)10)11-6-7(3)4/h6H,1-4H3,(H2,8,9,10). The van der Waals surface area contributed by atoms with Gasteiger partial charge in [0.05, 0.1) is 0 Å². The lowest BCUT2D eigenvalue weighted by molar-refractivity contribution is 0.162. The van der Waals surface area contributed by atoms with E-state index in [0.29, 0.717) is 7.37 Å². The molecular weight excluding hydrogens is 177 g/mol. The molecule has 0 rings (SSSR count). The summed E-state index contributed by atoms with van der Waals surface area (Å²) < 4.78 is 15.9. The lowest BCUT2D eigenvalue weighted by atomic mass is 9.32. The van der Waals surface area contributed by atoms with Crippen LogP contribution in [0.25, 0.3) is 0 Å². The summed E-state index contributed by atoms with van der Waals surface area (Å²) in [5.74, 6) is 0. The molecule has 0 fully saturated rings. The number of hydrogen-bond donors (Lipinski definition) is 2. The average Bonchev–Trinajstić information content (AvgIpc) is 1.81. The molecule has 0 aliphatic rings. The van der Waals surface area contributed by atoms with Crippen LogP contribution in [0.5, 0.6) is 0 Å². The Bertz CT molecular complexity index is 188. The molecule has 7 heteroatoms. The minimum Gasteiger partial charge on any atom is -0.434 e. The monoisotopic (exact) mass is 192 g/mol. The van der Waals surface area contributed by atoms with Crippen molar-refractivity contribution in [1.82, 2.24) is 0 Å². The minimum atomic E-state index is -4.15. The van der Waals surface area contributed by atoms with Gasteiger partial charge in [0.25, 0.3) is 0 Å². The zero-order chi connectivity index (χ0) is 9.99. The molecule has 0 aromatic carbocycles. The summed E-state index contributed by atoms with van der Waals surface area (Å²) in [6, 6.07) is 0. The Labute approximate surface area is 74.2 Å². The first-order chi connectivity index (χ1) is 5.17. The maximum absolute atomic E-state index is 10.8. The third-order valence-electron chi connectivity index (χ3n) is 1.47. The van der Waals surface area contributed by atoms with E-state index in [9.17, 15) is 4.57 Å². The summed E-state index contributed by atoms with van der Waals surface area (Å²) in [5.41, 5.74) is 0. The summed E-state index contributed by atoms with van der Waals surface area (Å²) in [4.78, 5) is 17.7. The van der Waals surface area contributed by atoms with Gasteiger partial charge in [-0.15, -0.1) is 0 Å². The fourth-order valence-corrected chi connectivity index (χ4v) is 0.697. The summed E-state index contributed by atoms with van der Waals surface area (Å²) in [7, 11) is -3.79. The highest BCUT2D eigenvalue weighted by atomic mass is 31.2. The summed E-state index contributed by atoms with van der Waals surface area (Å²) >= 11 is 0. The van der Waals surface area contributed by atoms with E-state index in [2.05, 4.69) is 0 Å². The Morgan fingerprint density at radius 1 is 1.42 bits per heavy atom. The zero-order valence-corrected chi connectivity index (χ0v) is 8.84. The fourth-order valence-electron chi connectivity index (χ4n) is 0.455. The van der Waals surface area contributed by atoms with E-state index >= 15 is 0 Å². The first kappa shape index (κ1) is 12.2. The maximum atomic E-state index is 10.8. The van der Waals surface area contributed by atoms with Crippen molar-refractivity contribution in [2.24, 2.45) is 0 Å². The van der Waals surface area contributed by atoms with E-state index in [1.165, 1.54) is 13.8 Å². The van der Waals surface area contributed by atoms with Crippen LogP contribution in [0.3, 0.4) is 0 Å². The highest BCUT2D eigenvalue weighted by Crippen LogP contribution is 2.50. The number of rotatable bonds is 4. The second kappa shape index (κ2) is 3.97. The summed E-state index contributed by atoms with van der Waals surface area (Å²) in [6.45, 7) is 6.92. The van der Waals surface area contributed by atoms with E-state index in [4.69, 9.17) is 14.4 Å². The molecule has 0 aliphatic carbocycles. The second-order valence-corrected chi connectivity index (χ2v) is 5.86. The van der Waals surface area contributed by atoms with Crippen LogP contribution in [0, 0.1) is 0 Å². The lowest BCUT2D eigenvalue weighted by Crippen LogP contribution is -2.31. The van der Waals surface area contributed by atoms with Crippen molar-refractivity contribution in [3.63, 3.8) is 0 Å². The third kappa shape index (κ3) is 3.76. The van der Waals surface area contributed by atoms with E-state index < -0.39 is 12.9 Å². The molecule has 4 nitrogen and oxygen atoms in total. The first-order valence-corrected chi connectivity index (χ1v) is 5.47. The predicted octanol–water partition coefficient (Wildman–Crippen LogP) is 0.519. The van der Waals surface area contributed by atoms with Gasteiger partial charge in [-0.3, -0.25) is 4.57 Å². The lowest BCUT2D eigenvalue weighted by Gasteiger charge is -2.27. The molecule has 0 aliphatic heterocycles. The van der Waals surface area contributed by atoms with Gasteiger partial charge in [0.15, 0.2) is 0 Å². The average molecular weight is 192 g/mol. The van der Waals surface area contributed by atoms with Crippen LogP contribution in [-0.2, 0) is 9.22 Å². The van der Waals surface area contributed by atoms with Crippen molar-refractivity contribution in [2.75, 3.05) is 0 Å². The van der Waals surface area contributed by atoms with Gasteiger partial charge in [0.2, 0.25) is 7.37 Å². The summed E-state index contributed by atoms with van der Waals surface area (Å²) in [5, 5.41) is -1.36. The second-order valence-electron chi connectivity index (χ2n) is 3.70. The van der Waals surface area contributed by atoms with Gasteiger partial charge in [-0.2, -0.15) is 0 Å². The Kier molecular flexibility index (Phi) is 4.04. The Balaban J connectivity index is 4.15. The fraction of sp³-hybridized carbons (Fsp3) is 1.00. The first-order valence-electron chi connectivity index (χ1n) is 3.86. The van der Waals surface area contributed by atoms with Crippen LogP contribution in [0.1, 0.15) is 13.8 Å². The molecule has 0 radical (unpaired) electrons. The van der Waals surface area contributed by atoms with Gasteiger partial charge in [0.1, 0.15) is 11.9 Å². The quantitative estimate of drug-likeness (QED) is 0.503. The topological polar surface area (TPSA) is 66.8 Å². The molecule has 70 valence electrons. The summed E-state index contributed by atoms with van der Waals surface area (Å²) in [6.07, 6.45) is 0. The molecule has 0 unspecified atom stereocenters. The van der Waals surface area contributed by atoms with E-state index in [0.717, 1.165) is 0 Å². The van der Waals surface area contributed by atoms with Crippen molar-refractivity contribution in [3.8, 4) is 0 Å². The maximum Gasteiger partial charge on any atom is 0.354 e. The molecule has 2 N–H and O–H groups in total. The molecule has 0 aromatic rings. The van der Waals surface area contributed by atoms with Gasteiger partial charge in [-0.1, -0.05) is 13.6 Å². The van der Waals surface area contributed by atoms with Gasteiger partial charge in [-0.05, 0) is 13.8 Å². The smallest absolute Gasteiger partial charge is 0.354 e. The zero-order valence-electron chi connectivity index (χ0n) is 7.94.